The van der Waals surface area contributed by atoms with E-state index in [-0.39, 0.29) is 0 Å². The number of rotatable bonds is 3. The van der Waals surface area contributed by atoms with Crippen molar-refractivity contribution in [3.8, 4) is 0 Å². The molecular weight excluding hydrogens is 215 g/mol. The first kappa shape index (κ1) is 13.2. The predicted octanol–water partition coefficient (Wildman–Crippen LogP) is 0.844. The summed E-state index contributed by atoms with van der Waals surface area (Å²) in [7, 11) is 0. The van der Waals surface area contributed by atoms with Crippen molar-refractivity contribution in [2.45, 2.75) is 31.2 Å². The van der Waals surface area contributed by atoms with Gasteiger partial charge in [0.2, 0.25) is 5.79 Å². The van der Waals surface area contributed by atoms with E-state index < -0.39 is 30.1 Å². The first-order valence-electron chi connectivity index (χ1n) is 3.30. The highest BCUT2D eigenvalue weighted by Crippen LogP contribution is 2.43. The molecule has 84 valence electrons. The van der Waals surface area contributed by atoms with Gasteiger partial charge in [-0.2, -0.15) is 22.0 Å². The minimum atomic E-state index is -6.12. The normalized spacial score (nSPS) is 14.3. The van der Waals surface area contributed by atoms with Crippen LogP contribution in [-0.4, -0.2) is 33.9 Å². The molecule has 0 aliphatic rings. The summed E-state index contributed by atoms with van der Waals surface area (Å²) >= 11 is 0. The Bertz CT molecular complexity index is 232. The van der Waals surface area contributed by atoms with Gasteiger partial charge in [0.1, 0.15) is 5.78 Å². The Balaban J connectivity index is 4.97. The molecule has 14 heavy (non-hydrogen) atoms. The predicted molar refractivity (Wildman–Crippen MR) is 33.5 cm³/mol. The highest BCUT2D eigenvalue weighted by Gasteiger charge is 2.70. The number of carbonyl (C=O) groups excluding carboxylic acids is 1. The molecule has 0 radical (unpaired) electrons. The lowest BCUT2D eigenvalue weighted by molar-refractivity contribution is -0.392. The maximum atomic E-state index is 12.3. The SMILES string of the molecule is CC(=O)CC(O)(O)C(F)(F)C(F)(F)F. The van der Waals surface area contributed by atoms with E-state index in [1.807, 2.05) is 0 Å². The molecule has 0 atom stereocenters. The Labute approximate surface area is 75.1 Å². The molecule has 3 nitrogen and oxygen atoms in total. The molecule has 8 heteroatoms. The standard InChI is InChI=1S/C6H7F5O3/c1-3(12)2-4(13,14)5(7,8)6(9,10)11/h13-14H,2H2,1H3. The van der Waals surface area contributed by atoms with E-state index in [1.165, 1.54) is 0 Å². The van der Waals surface area contributed by atoms with Crippen molar-refractivity contribution in [3.63, 3.8) is 0 Å². The maximum absolute atomic E-state index is 12.3. The van der Waals surface area contributed by atoms with E-state index >= 15 is 0 Å². The van der Waals surface area contributed by atoms with Gasteiger partial charge in [-0.25, -0.2) is 0 Å². The lowest BCUT2D eigenvalue weighted by atomic mass is 10.0. The molecule has 0 rings (SSSR count). The van der Waals surface area contributed by atoms with Crippen molar-refractivity contribution in [2.75, 3.05) is 0 Å². The molecule has 0 bridgehead atoms. The summed E-state index contributed by atoms with van der Waals surface area (Å²) in [5, 5.41) is 16.8. The van der Waals surface area contributed by atoms with Crippen LogP contribution in [0.4, 0.5) is 22.0 Å². The van der Waals surface area contributed by atoms with Crippen LogP contribution in [0, 0.1) is 0 Å². The zero-order valence-corrected chi connectivity index (χ0v) is 6.90. The lowest BCUT2D eigenvalue weighted by Crippen LogP contribution is -2.57. The molecule has 2 N–H and O–H groups in total. The maximum Gasteiger partial charge on any atom is 0.459 e. The third-order valence-electron chi connectivity index (χ3n) is 1.35. The fourth-order valence-electron chi connectivity index (χ4n) is 0.685. The second kappa shape index (κ2) is 3.43. The van der Waals surface area contributed by atoms with Gasteiger partial charge < -0.3 is 10.2 Å². The Hall–Kier alpha value is -0.760. The van der Waals surface area contributed by atoms with Gasteiger partial charge >= 0.3 is 12.1 Å². The van der Waals surface area contributed by atoms with Gasteiger partial charge in [0.15, 0.2) is 0 Å². The van der Waals surface area contributed by atoms with Crippen molar-refractivity contribution in [1.29, 1.82) is 0 Å². The number of Topliss-reactive ketones (excluding diaryl/α,β-unsaturated/α-hetero) is 1. The van der Waals surface area contributed by atoms with Gasteiger partial charge in [0.05, 0.1) is 6.42 Å². The highest BCUT2D eigenvalue weighted by molar-refractivity contribution is 5.76. The number of aliphatic hydroxyl groups is 2. The topological polar surface area (TPSA) is 57.5 Å². The Morgan fingerprint density at radius 2 is 1.50 bits per heavy atom. The summed E-state index contributed by atoms with van der Waals surface area (Å²) in [5.74, 6) is -11.3. The molecule has 0 aromatic rings. The van der Waals surface area contributed by atoms with Crippen molar-refractivity contribution in [3.05, 3.63) is 0 Å². The van der Waals surface area contributed by atoms with Crippen molar-refractivity contribution in [1.82, 2.24) is 0 Å². The number of hydrogen-bond donors (Lipinski definition) is 2. The van der Waals surface area contributed by atoms with Gasteiger partial charge in [0.25, 0.3) is 0 Å². The van der Waals surface area contributed by atoms with Gasteiger partial charge in [-0.3, -0.25) is 4.79 Å². The number of ketones is 1. The molecule has 0 unspecified atom stereocenters. The van der Waals surface area contributed by atoms with Crippen LogP contribution in [0.15, 0.2) is 0 Å². The number of carbonyl (C=O) groups is 1. The van der Waals surface area contributed by atoms with Crippen LogP contribution >= 0.6 is 0 Å². The smallest absolute Gasteiger partial charge is 0.360 e. The van der Waals surface area contributed by atoms with E-state index in [0.717, 1.165) is 0 Å². The fraction of sp³-hybridized carbons (Fsp3) is 0.833. The highest BCUT2D eigenvalue weighted by atomic mass is 19.4. The van der Waals surface area contributed by atoms with Gasteiger partial charge in [-0.05, 0) is 6.92 Å². The monoisotopic (exact) mass is 222 g/mol. The van der Waals surface area contributed by atoms with Crippen molar-refractivity contribution < 1.29 is 37.0 Å². The second-order valence-electron chi connectivity index (χ2n) is 2.77. The quantitative estimate of drug-likeness (QED) is 0.549. The molecule has 0 spiro atoms. The summed E-state index contributed by atoms with van der Waals surface area (Å²) in [6, 6.07) is 0. The van der Waals surface area contributed by atoms with E-state index in [0.29, 0.717) is 6.92 Å². The van der Waals surface area contributed by atoms with Crippen LogP contribution < -0.4 is 0 Å². The molecule has 0 aromatic heterocycles. The molecule has 0 aromatic carbocycles. The number of hydrogen-bond acceptors (Lipinski definition) is 3. The second-order valence-corrected chi connectivity index (χ2v) is 2.77. The van der Waals surface area contributed by atoms with Gasteiger partial charge in [0, 0.05) is 0 Å². The first-order valence-corrected chi connectivity index (χ1v) is 3.30. The van der Waals surface area contributed by atoms with E-state index in [4.69, 9.17) is 10.2 Å². The Kier molecular flexibility index (Phi) is 3.24. The van der Waals surface area contributed by atoms with E-state index in [9.17, 15) is 26.7 Å². The molecule has 0 saturated heterocycles. The van der Waals surface area contributed by atoms with Crippen molar-refractivity contribution >= 4 is 5.78 Å². The zero-order valence-electron chi connectivity index (χ0n) is 6.90. The minimum Gasteiger partial charge on any atom is -0.360 e. The van der Waals surface area contributed by atoms with Crippen molar-refractivity contribution in [2.24, 2.45) is 0 Å². The third-order valence-corrected chi connectivity index (χ3v) is 1.35. The Morgan fingerprint density at radius 1 is 1.14 bits per heavy atom. The van der Waals surface area contributed by atoms with Crippen LogP contribution in [-0.2, 0) is 4.79 Å². The van der Waals surface area contributed by atoms with Crippen LogP contribution in [0.5, 0.6) is 0 Å². The Morgan fingerprint density at radius 3 is 1.71 bits per heavy atom. The summed E-state index contributed by atoms with van der Waals surface area (Å²) in [6.45, 7) is 0.660. The summed E-state index contributed by atoms with van der Waals surface area (Å²) in [6.07, 6.45) is -7.81. The molecule has 0 aliphatic heterocycles. The number of halogens is 5. The van der Waals surface area contributed by atoms with Crippen LogP contribution in [0.25, 0.3) is 0 Å². The van der Waals surface area contributed by atoms with Gasteiger partial charge in [-0.15, -0.1) is 0 Å². The molecule has 0 amide bonds. The molecule has 0 aliphatic carbocycles. The molecule has 0 saturated carbocycles. The minimum absolute atomic E-state index is 0.660. The summed E-state index contributed by atoms with van der Waals surface area (Å²) in [4.78, 5) is 10.2. The molecule has 0 heterocycles. The average Bonchev–Trinajstić information content (AvgIpc) is 1.80. The molecular formula is C6H7F5O3. The van der Waals surface area contributed by atoms with Crippen LogP contribution in [0.2, 0.25) is 0 Å². The summed E-state index contributed by atoms with van der Waals surface area (Å²) < 4.78 is 59.4. The largest absolute Gasteiger partial charge is 0.459 e. The van der Waals surface area contributed by atoms with Gasteiger partial charge in [-0.1, -0.05) is 0 Å². The third kappa shape index (κ3) is 2.38. The summed E-state index contributed by atoms with van der Waals surface area (Å²) in [5.41, 5.74) is 0. The van der Waals surface area contributed by atoms with Crippen LogP contribution in [0.1, 0.15) is 13.3 Å². The zero-order chi connectivity index (χ0) is 11.8. The first-order chi connectivity index (χ1) is 5.92. The van der Waals surface area contributed by atoms with E-state index in [1.54, 1.807) is 0 Å². The molecule has 0 fully saturated rings. The number of alkyl halides is 5. The lowest BCUT2D eigenvalue weighted by Gasteiger charge is -2.31. The fourth-order valence-corrected chi connectivity index (χ4v) is 0.685. The van der Waals surface area contributed by atoms with Crippen LogP contribution in [0.3, 0.4) is 0 Å². The van der Waals surface area contributed by atoms with E-state index in [2.05, 4.69) is 0 Å². The average molecular weight is 222 g/mol.